The third-order valence-electron chi connectivity index (χ3n) is 1.44. The summed E-state index contributed by atoms with van der Waals surface area (Å²) >= 11 is 3.31. The zero-order valence-corrected chi connectivity index (χ0v) is 8.13. The molecule has 0 atom stereocenters. The van der Waals surface area contributed by atoms with Gasteiger partial charge in [-0.15, -0.1) is 0 Å². The molecular formula is C8H11BrN2O. The average Bonchev–Trinajstić information content (AvgIpc) is 2.03. The zero-order chi connectivity index (χ0) is 8.97. The SMILES string of the molecule is Nc1cc(Br)ccc1NCCO. The van der Waals surface area contributed by atoms with Crippen molar-refractivity contribution in [3.8, 4) is 0 Å². The van der Waals surface area contributed by atoms with E-state index in [0.717, 1.165) is 10.2 Å². The van der Waals surface area contributed by atoms with E-state index in [1.807, 2.05) is 18.2 Å². The molecule has 1 rings (SSSR count). The molecule has 0 amide bonds. The lowest BCUT2D eigenvalue weighted by Crippen LogP contribution is -2.07. The third-order valence-corrected chi connectivity index (χ3v) is 1.93. The molecule has 0 aliphatic rings. The monoisotopic (exact) mass is 230 g/mol. The number of halogens is 1. The van der Waals surface area contributed by atoms with Crippen LogP contribution in [0.4, 0.5) is 11.4 Å². The Morgan fingerprint density at radius 3 is 2.83 bits per heavy atom. The molecule has 0 radical (unpaired) electrons. The van der Waals surface area contributed by atoms with Gasteiger partial charge in [-0.05, 0) is 18.2 Å². The molecule has 0 saturated heterocycles. The Morgan fingerprint density at radius 1 is 1.50 bits per heavy atom. The summed E-state index contributed by atoms with van der Waals surface area (Å²) in [5.41, 5.74) is 7.22. The predicted molar refractivity (Wildman–Crippen MR) is 54.1 cm³/mol. The standard InChI is InChI=1S/C8H11BrN2O/c9-6-1-2-8(7(10)5-6)11-3-4-12/h1-2,5,11-12H,3-4,10H2. The molecule has 66 valence electrons. The topological polar surface area (TPSA) is 58.3 Å². The second kappa shape index (κ2) is 4.33. The van der Waals surface area contributed by atoms with Gasteiger partial charge in [0, 0.05) is 11.0 Å². The number of aliphatic hydroxyl groups is 1. The summed E-state index contributed by atoms with van der Waals surface area (Å²) in [7, 11) is 0. The van der Waals surface area contributed by atoms with E-state index in [9.17, 15) is 0 Å². The zero-order valence-electron chi connectivity index (χ0n) is 6.55. The maximum Gasteiger partial charge on any atom is 0.0604 e. The highest BCUT2D eigenvalue weighted by Crippen LogP contribution is 2.22. The number of anilines is 2. The highest BCUT2D eigenvalue weighted by atomic mass is 79.9. The molecule has 0 saturated carbocycles. The fraction of sp³-hybridized carbons (Fsp3) is 0.250. The van der Waals surface area contributed by atoms with Crippen molar-refractivity contribution >= 4 is 27.3 Å². The van der Waals surface area contributed by atoms with Gasteiger partial charge < -0.3 is 16.2 Å². The lowest BCUT2D eigenvalue weighted by molar-refractivity contribution is 0.311. The van der Waals surface area contributed by atoms with Gasteiger partial charge >= 0.3 is 0 Å². The van der Waals surface area contributed by atoms with Crippen LogP contribution in [0.3, 0.4) is 0 Å². The van der Waals surface area contributed by atoms with Crippen LogP contribution in [-0.2, 0) is 0 Å². The van der Waals surface area contributed by atoms with Gasteiger partial charge in [-0.25, -0.2) is 0 Å². The Balaban J connectivity index is 2.72. The summed E-state index contributed by atoms with van der Waals surface area (Å²) in [5.74, 6) is 0. The van der Waals surface area contributed by atoms with Crippen LogP contribution < -0.4 is 11.1 Å². The molecule has 12 heavy (non-hydrogen) atoms. The van der Waals surface area contributed by atoms with Gasteiger partial charge in [0.1, 0.15) is 0 Å². The van der Waals surface area contributed by atoms with E-state index in [4.69, 9.17) is 10.8 Å². The van der Waals surface area contributed by atoms with Crippen LogP contribution in [-0.4, -0.2) is 18.3 Å². The second-order valence-electron chi connectivity index (χ2n) is 2.38. The van der Waals surface area contributed by atoms with Crippen LogP contribution in [0.2, 0.25) is 0 Å². The van der Waals surface area contributed by atoms with Gasteiger partial charge in [0.05, 0.1) is 18.0 Å². The molecule has 4 heteroatoms. The summed E-state index contributed by atoms with van der Waals surface area (Å²) in [4.78, 5) is 0. The molecule has 0 spiro atoms. The summed E-state index contributed by atoms with van der Waals surface area (Å²) in [5, 5.41) is 11.6. The number of aliphatic hydroxyl groups excluding tert-OH is 1. The van der Waals surface area contributed by atoms with Crippen molar-refractivity contribution in [2.75, 3.05) is 24.2 Å². The van der Waals surface area contributed by atoms with Crippen LogP contribution in [0.15, 0.2) is 22.7 Å². The van der Waals surface area contributed by atoms with Crippen molar-refractivity contribution in [1.29, 1.82) is 0 Å². The Morgan fingerprint density at radius 2 is 2.25 bits per heavy atom. The van der Waals surface area contributed by atoms with Crippen molar-refractivity contribution in [2.45, 2.75) is 0 Å². The van der Waals surface area contributed by atoms with Gasteiger partial charge in [-0.3, -0.25) is 0 Å². The minimum Gasteiger partial charge on any atom is -0.397 e. The van der Waals surface area contributed by atoms with Gasteiger partial charge in [0.25, 0.3) is 0 Å². The minimum atomic E-state index is 0.107. The smallest absolute Gasteiger partial charge is 0.0604 e. The Bertz CT molecular complexity index is 265. The Hall–Kier alpha value is -0.740. The van der Waals surface area contributed by atoms with E-state index in [1.54, 1.807) is 0 Å². The van der Waals surface area contributed by atoms with Gasteiger partial charge in [0.15, 0.2) is 0 Å². The highest BCUT2D eigenvalue weighted by molar-refractivity contribution is 9.10. The average molecular weight is 231 g/mol. The molecule has 0 aliphatic carbocycles. The number of nitrogen functional groups attached to an aromatic ring is 1. The number of nitrogens with one attached hydrogen (secondary N) is 1. The fourth-order valence-corrected chi connectivity index (χ4v) is 1.26. The van der Waals surface area contributed by atoms with Crippen molar-refractivity contribution < 1.29 is 5.11 Å². The van der Waals surface area contributed by atoms with Crippen molar-refractivity contribution in [1.82, 2.24) is 0 Å². The number of benzene rings is 1. The summed E-state index contributed by atoms with van der Waals surface area (Å²) in [6.07, 6.45) is 0. The van der Waals surface area contributed by atoms with Crippen molar-refractivity contribution in [2.24, 2.45) is 0 Å². The maximum atomic E-state index is 8.56. The van der Waals surface area contributed by atoms with E-state index in [2.05, 4.69) is 21.2 Å². The number of nitrogens with two attached hydrogens (primary N) is 1. The molecule has 0 aliphatic heterocycles. The first-order chi connectivity index (χ1) is 5.74. The largest absolute Gasteiger partial charge is 0.397 e. The van der Waals surface area contributed by atoms with Crippen LogP contribution in [0.5, 0.6) is 0 Å². The van der Waals surface area contributed by atoms with Gasteiger partial charge in [0.2, 0.25) is 0 Å². The number of hydrogen-bond donors (Lipinski definition) is 3. The second-order valence-corrected chi connectivity index (χ2v) is 3.30. The van der Waals surface area contributed by atoms with Crippen LogP contribution in [0, 0.1) is 0 Å². The first kappa shape index (κ1) is 9.35. The fourth-order valence-electron chi connectivity index (χ4n) is 0.885. The minimum absolute atomic E-state index is 0.107. The molecule has 0 unspecified atom stereocenters. The molecule has 4 N–H and O–H groups in total. The molecule has 0 bridgehead atoms. The van der Waals surface area contributed by atoms with E-state index in [1.165, 1.54) is 0 Å². The molecule has 0 heterocycles. The Labute approximate surface area is 79.7 Å². The predicted octanol–water partition coefficient (Wildman–Crippen LogP) is 1.44. The third kappa shape index (κ3) is 2.39. The quantitative estimate of drug-likeness (QED) is 0.690. The van der Waals surface area contributed by atoms with E-state index in [-0.39, 0.29) is 6.61 Å². The van der Waals surface area contributed by atoms with Crippen LogP contribution in [0.25, 0.3) is 0 Å². The van der Waals surface area contributed by atoms with E-state index >= 15 is 0 Å². The molecule has 1 aromatic rings. The first-order valence-electron chi connectivity index (χ1n) is 3.64. The first-order valence-corrected chi connectivity index (χ1v) is 4.43. The lowest BCUT2D eigenvalue weighted by Gasteiger charge is -2.07. The summed E-state index contributed by atoms with van der Waals surface area (Å²) in [6.45, 7) is 0.626. The normalized spacial score (nSPS) is 9.83. The number of hydrogen-bond acceptors (Lipinski definition) is 3. The molecule has 1 aromatic carbocycles. The molecular weight excluding hydrogens is 220 g/mol. The summed E-state index contributed by atoms with van der Waals surface area (Å²) < 4.78 is 0.953. The molecule has 0 aromatic heterocycles. The van der Waals surface area contributed by atoms with Crippen molar-refractivity contribution in [3.05, 3.63) is 22.7 Å². The van der Waals surface area contributed by atoms with Crippen LogP contribution >= 0.6 is 15.9 Å². The van der Waals surface area contributed by atoms with E-state index in [0.29, 0.717) is 12.2 Å². The maximum absolute atomic E-state index is 8.56. The molecule has 0 fully saturated rings. The highest BCUT2D eigenvalue weighted by Gasteiger charge is 1.97. The summed E-state index contributed by atoms with van der Waals surface area (Å²) in [6, 6.07) is 5.59. The Kier molecular flexibility index (Phi) is 3.37. The molecule has 3 nitrogen and oxygen atoms in total. The van der Waals surface area contributed by atoms with E-state index < -0.39 is 0 Å². The van der Waals surface area contributed by atoms with Crippen LogP contribution in [0.1, 0.15) is 0 Å². The number of rotatable bonds is 3. The van der Waals surface area contributed by atoms with Crippen molar-refractivity contribution in [3.63, 3.8) is 0 Å². The van der Waals surface area contributed by atoms with Gasteiger partial charge in [-0.2, -0.15) is 0 Å². The van der Waals surface area contributed by atoms with Gasteiger partial charge in [-0.1, -0.05) is 15.9 Å². The lowest BCUT2D eigenvalue weighted by atomic mass is 10.3.